The maximum absolute atomic E-state index is 14.6. The summed E-state index contributed by atoms with van der Waals surface area (Å²) >= 11 is 6.56. The Morgan fingerprint density at radius 2 is 1.52 bits per heavy atom. The van der Waals surface area contributed by atoms with Crippen molar-refractivity contribution in [2.24, 2.45) is 0 Å². The van der Waals surface area contributed by atoms with Gasteiger partial charge in [-0.15, -0.1) is 0 Å². The molecule has 0 radical (unpaired) electrons. The van der Waals surface area contributed by atoms with E-state index in [1.807, 2.05) is 51.1 Å². The summed E-state index contributed by atoms with van der Waals surface area (Å²) in [6, 6.07) is 28.3. The molecular formula is C36H40ClN3O5S. The van der Waals surface area contributed by atoms with Gasteiger partial charge in [0.25, 0.3) is 10.0 Å². The zero-order valence-electron chi connectivity index (χ0n) is 26.5. The van der Waals surface area contributed by atoms with Gasteiger partial charge in [0.2, 0.25) is 11.8 Å². The number of anilines is 1. The smallest absolute Gasteiger partial charge is 0.264 e. The van der Waals surface area contributed by atoms with Crippen LogP contribution in [0.25, 0.3) is 0 Å². The van der Waals surface area contributed by atoms with Crippen molar-refractivity contribution in [2.75, 3.05) is 18.0 Å². The summed E-state index contributed by atoms with van der Waals surface area (Å²) in [7, 11) is -2.69. The van der Waals surface area contributed by atoms with Crippen molar-refractivity contribution in [3.8, 4) is 5.75 Å². The second-order valence-electron chi connectivity index (χ2n) is 11.2. The molecule has 0 saturated heterocycles. The van der Waals surface area contributed by atoms with E-state index in [4.69, 9.17) is 16.3 Å². The van der Waals surface area contributed by atoms with Gasteiger partial charge in [-0.1, -0.05) is 84.8 Å². The lowest BCUT2D eigenvalue weighted by atomic mass is 10.0. The summed E-state index contributed by atoms with van der Waals surface area (Å²) in [6.07, 6.45) is 0.912. The molecule has 4 rings (SSSR count). The first kappa shape index (κ1) is 34.5. The molecule has 0 saturated carbocycles. The summed E-state index contributed by atoms with van der Waals surface area (Å²) in [5, 5.41) is 3.46. The molecule has 2 atom stereocenters. The summed E-state index contributed by atoms with van der Waals surface area (Å²) in [5.41, 5.74) is 2.65. The Bertz CT molecular complexity index is 1720. The molecule has 242 valence electrons. The first-order chi connectivity index (χ1) is 22.0. The molecule has 0 aliphatic heterocycles. The van der Waals surface area contributed by atoms with E-state index in [9.17, 15) is 18.0 Å². The van der Waals surface area contributed by atoms with E-state index in [0.29, 0.717) is 22.8 Å². The van der Waals surface area contributed by atoms with Crippen LogP contribution in [0.4, 0.5) is 5.69 Å². The number of hydrogen-bond donors (Lipinski definition) is 1. The van der Waals surface area contributed by atoms with Gasteiger partial charge < -0.3 is 15.0 Å². The molecule has 0 spiro atoms. The average Bonchev–Trinajstić information content (AvgIpc) is 3.06. The highest BCUT2D eigenvalue weighted by Gasteiger charge is 2.35. The number of benzene rings is 4. The highest BCUT2D eigenvalue weighted by molar-refractivity contribution is 7.92. The minimum absolute atomic E-state index is 0.00896. The maximum Gasteiger partial charge on any atom is 0.264 e. The van der Waals surface area contributed by atoms with Gasteiger partial charge >= 0.3 is 0 Å². The van der Waals surface area contributed by atoms with Crippen LogP contribution in [0.15, 0.2) is 108 Å². The van der Waals surface area contributed by atoms with E-state index in [1.165, 1.54) is 24.1 Å². The van der Waals surface area contributed by atoms with Gasteiger partial charge in [0.05, 0.1) is 17.7 Å². The van der Waals surface area contributed by atoms with E-state index in [2.05, 4.69) is 5.32 Å². The van der Waals surface area contributed by atoms with Gasteiger partial charge in [-0.25, -0.2) is 8.42 Å². The lowest BCUT2D eigenvalue weighted by Gasteiger charge is -2.34. The third-order valence-corrected chi connectivity index (χ3v) is 9.98. The predicted molar refractivity (Wildman–Crippen MR) is 183 cm³/mol. The molecule has 2 amide bonds. The molecule has 0 aromatic heterocycles. The van der Waals surface area contributed by atoms with Crippen molar-refractivity contribution in [3.63, 3.8) is 0 Å². The van der Waals surface area contributed by atoms with Crippen molar-refractivity contribution in [1.29, 1.82) is 0 Å². The molecule has 4 aromatic carbocycles. The number of nitrogens with zero attached hydrogens (tertiary/aromatic N) is 2. The number of rotatable bonds is 14. The van der Waals surface area contributed by atoms with E-state index in [-0.39, 0.29) is 35.5 Å². The fourth-order valence-electron chi connectivity index (χ4n) is 4.92. The lowest BCUT2D eigenvalue weighted by Crippen LogP contribution is -2.54. The summed E-state index contributed by atoms with van der Waals surface area (Å²) < 4.78 is 34.7. The summed E-state index contributed by atoms with van der Waals surface area (Å²) in [5.74, 6) is -0.365. The third kappa shape index (κ3) is 8.68. The van der Waals surface area contributed by atoms with E-state index < -0.39 is 28.5 Å². The maximum atomic E-state index is 14.6. The zero-order chi connectivity index (χ0) is 33.3. The van der Waals surface area contributed by atoms with Crippen LogP contribution in [-0.2, 0) is 32.6 Å². The molecule has 10 heteroatoms. The Morgan fingerprint density at radius 3 is 2.13 bits per heavy atom. The Labute approximate surface area is 277 Å². The van der Waals surface area contributed by atoms with Crippen LogP contribution >= 0.6 is 11.6 Å². The minimum Gasteiger partial charge on any atom is -0.497 e. The van der Waals surface area contributed by atoms with E-state index in [1.54, 1.807) is 60.7 Å². The average molecular weight is 662 g/mol. The molecule has 0 bridgehead atoms. The largest absolute Gasteiger partial charge is 0.497 e. The van der Waals surface area contributed by atoms with Crippen LogP contribution in [0.1, 0.15) is 37.0 Å². The van der Waals surface area contributed by atoms with Crippen LogP contribution in [0.2, 0.25) is 5.02 Å². The van der Waals surface area contributed by atoms with Gasteiger partial charge in [-0.3, -0.25) is 13.9 Å². The van der Waals surface area contributed by atoms with Gasteiger partial charge in [0.1, 0.15) is 18.3 Å². The lowest BCUT2D eigenvalue weighted by molar-refractivity contribution is -0.140. The number of nitrogens with one attached hydrogen (secondary N) is 1. The topological polar surface area (TPSA) is 96.0 Å². The Hall–Kier alpha value is -4.34. The first-order valence-corrected chi connectivity index (χ1v) is 17.0. The van der Waals surface area contributed by atoms with Crippen molar-refractivity contribution in [3.05, 3.63) is 125 Å². The molecule has 0 fully saturated rings. The minimum atomic E-state index is -4.21. The normalized spacial score (nSPS) is 12.5. The van der Waals surface area contributed by atoms with Crippen molar-refractivity contribution in [1.82, 2.24) is 10.2 Å². The van der Waals surface area contributed by atoms with Crippen LogP contribution in [-0.4, -0.2) is 50.9 Å². The van der Waals surface area contributed by atoms with Crippen molar-refractivity contribution < 1.29 is 22.7 Å². The molecular weight excluding hydrogens is 622 g/mol. The molecule has 0 aliphatic rings. The highest BCUT2D eigenvalue weighted by Crippen LogP contribution is 2.28. The zero-order valence-corrected chi connectivity index (χ0v) is 28.1. The van der Waals surface area contributed by atoms with Gasteiger partial charge in [0.15, 0.2) is 0 Å². The van der Waals surface area contributed by atoms with Crippen LogP contribution in [0.3, 0.4) is 0 Å². The third-order valence-electron chi connectivity index (χ3n) is 7.82. The van der Waals surface area contributed by atoms with Gasteiger partial charge in [-0.2, -0.15) is 0 Å². The Morgan fingerprint density at radius 1 is 0.891 bits per heavy atom. The Kier molecular flexibility index (Phi) is 11.8. The molecule has 4 aromatic rings. The number of sulfonamides is 1. The molecule has 1 N–H and O–H groups in total. The standard InChI is InChI=1S/C36H40ClN3O5S/c1-5-27(3)38-36(42)34(23-28-11-7-6-8-12-28)39(24-29-13-9-10-14-33(29)37)35(41)25-40(30-17-19-31(45-4)20-18-30)46(43,44)32-21-15-26(2)16-22-32/h6-22,27,34H,5,23-25H2,1-4H3,(H,38,42)/t27-,34+/m0/s1. The second-order valence-corrected chi connectivity index (χ2v) is 13.4. The summed E-state index contributed by atoms with van der Waals surface area (Å²) in [6.45, 7) is 5.16. The van der Waals surface area contributed by atoms with E-state index in [0.717, 1.165) is 15.4 Å². The Balaban J connectivity index is 1.82. The number of halogens is 1. The van der Waals surface area contributed by atoms with Gasteiger partial charge in [-0.05, 0) is 73.9 Å². The fraction of sp³-hybridized carbons (Fsp3) is 0.278. The number of aryl methyl sites for hydroxylation is 1. The number of ether oxygens (including phenoxy) is 1. The highest BCUT2D eigenvalue weighted by atomic mass is 35.5. The van der Waals surface area contributed by atoms with Crippen LogP contribution < -0.4 is 14.4 Å². The van der Waals surface area contributed by atoms with Crippen LogP contribution in [0.5, 0.6) is 5.75 Å². The summed E-state index contributed by atoms with van der Waals surface area (Å²) in [4.78, 5) is 30.0. The second kappa shape index (κ2) is 15.8. The van der Waals surface area contributed by atoms with Gasteiger partial charge in [0, 0.05) is 24.0 Å². The SMILES string of the molecule is CC[C@H](C)NC(=O)[C@@H](Cc1ccccc1)N(Cc1ccccc1Cl)C(=O)CN(c1ccc(OC)cc1)S(=O)(=O)c1ccc(C)cc1. The number of hydrogen-bond acceptors (Lipinski definition) is 5. The predicted octanol–water partition coefficient (Wildman–Crippen LogP) is 6.41. The quantitative estimate of drug-likeness (QED) is 0.169. The number of methoxy groups -OCH3 is 1. The fourth-order valence-corrected chi connectivity index (χ4v) is 6.53. The number of amides is 2. The van der Waals surface area contributed by atoms with Crippen LogP contribution in [0, 0.1) is 6.92 Å². The molecule has 0 aliphatic carbocycles. The van der Waals surface area contributed by atoms with Crippen molar-refractivity contribution in [2.45, 2.75) is 57.1 Å². The molecule has 0 heterocycles. The number of carbonyl (C=O) groups is 2. The monoisotopic (exact) mass is 661 g/mol. The van der Waals surface area contributed by atoms with Crippen molar-refractivity contribution >= 4 is 39.1 Å². The molecule has 8 nitrogen and oxygen atoms in total. The number of carbonyl (C=O) groups excluding carboxylic acids is 2. The van der Waals surface area contributed by atoms with E-state index >= 15 is 0 Å². The molecule has 0 unspecified atom stereocenters. The first-order valence-electron chi connectivity index (χ1n) is 15.1. The molecule has 46 heavy (non-hydrogen) atoms.